The number of nitrogens with zero attached hydrogens (tertiary/aromatic N) is 1. The third-order valence-corrected chi connectivity index (χ3v) is 6.88. The zero-order valence-electron chi connectivity index (χ0n) is 17.3. The van der Waals surface area contributed by atoms with Crippen molar-refractivity contribution >= 4 is 31.5 Å². The van der Waals surface area contributed by atoms with E-state index in [1.54, 1.807) is 36.4 Å². The summed E-state index contributed by atoms with van der Waals surface area (Å²) in [5.74, 6) is 1.33. The summed E-state index contributed by atoms with van der Waals surface area (Å²) < 4.78 is 21.6. The van der Waals surface area contributed by atoms with Gasteiger partial charge in [0.2, 0.25) is 0 Å². The number of amides is 2. The molecule has 0 unspecified atom stereocenters. The first-order valence-electron chi connectivity index (χ1n) is 10.1. The average Bonchev–Trinajstić information content (AvgIpc) is 3.51. The third kappa shape index (κ3) is 4.84. The van der Waals surface area contributed by atoms with E-state index < -0.39 is 5.91 Å². The molecule has 1 N–H and O–H groups in total. The van der Waals surface area contributed by atoms with Crippen LogP contribution in [0.15, 0.2) is 71.7 Å². The molecule has 9 heteroatoms. The van der Waals surface area contributed by atoms with Crippen LogP contribution in [0.5, 0.6) is 23.0 Å². The predicted molar refractivity (Wildman–Crippen MR) is 120 cm³/mol. The van der Waals surface area contributed by atoms with E-state index in [9.17, 15) is 9.59 Å². The summed E-state index contributed by atoms with van der Waals surface area (Å²) in [6, 6.07) is 19.7. The Morgan fingerprint density at radius 3 is 2.09 bits per heavy atom. The van der Waals surface area contributed by atoms with Crippen LogP contribution in [0, 0.1) is 0 Å². The van der Waals surface area contributed by atoms with Gasteiger partial charge in [-0.05, 0) is 0 Å². The van der Waals surface area contributed by atoms with E-state index in [2.05, 4.69) is 10.3 Å². The molecule has 0 saturated heterocycles. The minimum absolute atomic E-state index is 0.118. The summed E-state index contributed by atoms with van der Waals surface area (Å²) in [5.41, 5.74) is 1.83. The molecular weight excluding hydrogens is 491 g/mol. The molecule has 2 aliphatic heterocycles. The Morgan fingerprint density at radius 1 is 0.788 bits per heavy atom. The van der Waals surface area contributed by atoms with E-state index in [4.69, 9.17) is 18.9 Å². The van der Waals surface area contributed by atoms with Crippen molar-refractivity contribution in [2.24, 2.45) is 4.99 Å². The van der Waals surface area contributed by atoms with Crippen molar-refractivity contribution in [1.29, 1.82) is 0 Å². The van der Waals surface area contributed by atoms with Gasteiger partial charge in [0.1, 0.15) is 0 Å². The maximum absolute atomic E-state index is 12.9. The number of hydrogen-bond donors (Lipinski definition) is 1. The predicted octanol–water partition coefficient (Wildman–Crippen LogP) is 2.97. The molecule has 0 fully saturated rings. The number of fused-ring (bicyclic) bond motifs is 2. The quantitative estimate of drug-likeness (QED) is 0.323. The van der Waals surface area contributed by atoms with Crippen LogP contribution in [0.4, 0.5) is 0 Å². The number of hydrogen-bond acceptors (Lipinski definition) is 6. The number of nitrogens with one attached hydrogen (secondary N) is 1. The van der Waals surface area contributed by atoms with Crippen LogP contribution in [-0.4, -0.2) is 45.1 Å². The van der Waals surface area contributed by atoms with Gasteiger partial charge in [0.25, 0.3) is 0 Å². The van der Waals surface area contributed by atoms with Crippen molar-refractivity contribution in [2.75, 3.05) is 13.6 Å². The summed E-state index contributed by atoms with van der Waals surface area (Å²) in [6.07, 6.45) is 0. The van der Waals surface area contributed by atoms with Gasteiger partial charge < -0.3 is 0 Å². The van der Waals surface area contributed by atoms with Gasteiger partial charge in [0.15, 0.2) is 0 Å². The summed E-state index contributed by atoms with van der Waals surface area (Å²) in [4.78, 5) is 30.0. The molecular formula is C24H18N2O6Se. The molecule has 3 aromatic carbocycles. The molecule has 5 rings (SSSR count). The number of carbonyl (C=O) groups is 2. The van der Waals surface area contributed by atoms with E-state index in [1.165, 1.54) is 0 Å². The minimum atomic E-state index is -0.468. The van der Waals surface area contributed by atoms with Crippen LogP contribution in [0.25, 0.3) is 0 Å². The SMILES string of the molecule is O=C(N=C(NC(=O)c1ccc2c(c1)OCO2)[Se]Cc1ccccc1)c1ccc2c(c1)OCO2. The molecule has 0 atom stereocenters. The summed E-state index contributed by atoms with van der Waals surface area (Å²) in [7, 11) is 0. The topological polar surface area (TPSA) is 95.5 Å². The second-order valence-electron chi connectivity index (χ2n) is 7.09. The van der Waals surface area contributed by atoms with Crippen LogP contribution < -0.4 is 24.3 Å². The fourth-order valence-corrected chi connectivity index (χ4v) is 4.91. The van der Waals surface area contributed by atoms with E-state index in [0.717, 1.165) is 5.56 Å². The Morgan fingerprint density at radius 2 is 1.39 bits per heavy atom. The second-order valence-corrected chi connectivity index (χ2v) is 9.11. The van der Waals surface area contributed by atoms with Gasteiger partial charge in [-0.2, -0.15) is 0 Å². The van der Waals surface area contributed by atoms with Crippen molar-refractivity contribution in [2.45, 2.75) is 5.32 Å². The Kier molecular flexibility index (Phi) is 5.97. The molecule has 2 amide bonds. The van der Waals surface area contributed by atoms with E-state index in [1.807, 2.05) is 30.3 Å². The molecule has 3 aromatic rings. The number of aliphatic imine (C=N–C) groups is 1. The molecule has 0 saturated carbocycles. The van der Waals surface area contributed by atoms with Gasteiger partial charge >= 0.3 is 196 Å². The van der Waals surface area contributed by atoms with E-state index >= 15 is 0 Å². The van der Waals surface area contributed by atoms with Gasteiger partial charge in [-0.3, -0.25) is 0 Å². The molecule has 2 aliphatic rings. The van der Waals surface area contributed by atoms with Crippen molar-refractivity contribution in [3.63, 3.8) is 0 Å². The first-order valence-corrected chi connectivity index (χ1v) is 12.1. The summed E-state index contributed by atoms with van der Waals surface area (Å²) in [5, 5.41) is 3.48. The number of amidine groups is 1. The first-order chi connectivity index (χ1) is 16.2. The number of carbonyl (C=O) groups excluding carboxylic acids is 2. The van der Waals surface area contributed by atoms with E-state index in [-0.39, 0.29) is 34.4 Å². The van der Waals surface area contributed by atoms with Crippen LogP contribution in [0.3, 0.4) is 0 Å². The molecule has 0 aromatic heterocycles. The van der Waals surface area contributed by atoms with Crippen LogP contribution >= 0.6 is 0 Å². The molecule has 0 spiro atoms. The van der Waals surface area contributed by atoms with Gasteiger partial charge in [-0.1, -0.05) is 0 Å². The van der Waals surface area contributed by atoms with Crippen molar-refractivity contribution in [3.8, 4) is 23.0 Å². The second kappa shape index (κ2) is 9.36. The van der Waals surface area contributed by atoms with Gasteiger partial charge in [0.05, 0.1) is 0 Å². The van der Waals surface area contributed by atoms with Gasteiger partial charge in [-0.15, -0.1) is 0 Å². The van der Waals surface area contributed by atoms with E-state index in [0.29, 0.717) is 44.2 Å². The van der Waals surface area contributed by atoms with Gasteiger partial charge in [0, 0.05) is 0 Å². The number of rotatable bonds is 5. The summed E-state index contributed by atoms with van der Waals surface area (Å²) >= 11 is -0.292. The summed E-state index contributed by atoms with van der Waals surface area (Å²) in [6.45, 7) is 0.241. The van der Waals surface area contributed by atoms with Crippen LogP contribution in [-0.2, 0) is 5.32 Å². The molecule has 166 valence electrons. The maximum atomic E-state index is 12.9. The van der Waals surface area contributed by atoms with Gasteiger partial charge in [-0.25, -0.2) is 0 Å². The average molecular weight is 509 g/mol. The number of benzene rings is 3. The zero-order chi connectivity index (χ0) is 22.6. The van der Waals surface area contributed by atoms with Crippen molar-refractivity contribution < 1.29 is 28.5 Å². The van der Waals surface area contributed by atoms with Crippen molar-refractivity contribution in [1.82, 2.24) is 5.32 Å². The van der Waals surface area contributed by atoms with Crippen LogP contribution in [0.1, 0.15) is 26.3 Å². The molecule has 0 bridgehead atoms. The Labute approximate surface area is 195 Å². The molecule has 33 heavy (non-hydrogen) atoms. The third-order valence-electron chi connectivity index (χ3n) is 4.90. The molecule has 0 radical (unpaired) electrons. The molecule has 0 aliphatic carbocycles. The van der Waals surface area contributed by atoms with Crippen LogP contribution in [0.2, 0.25) is 0 Å². The normalized spacial score (nSPS) is 13.6. The Bertz CT molecular complexity index is 1240. The molecule has 2 heterocycles. The number of ether oxygens (including phenoxy) is 4. The van der Waals surface area contributed by atoms with Crippen molar-refractivity contribution in [3.05, 3.63) is 83.4 Å². The fraction of sp³-hybridized carbons (Fsp3) is 0.125. The molecule has 8 nitrogen and oxygen atoms in total. The Hall–Kier alpha value is -3.81. The zero-order valence-corrected chi connectivity index (χ0v) is 19.0. The Balaban J connectivity index is 1.37. The first kappa shape index (κ1) is 21.1. The standard InChI is InChI=1S/C24H18N2O6Se/c27-22(16-6-8-18-20(10-16)31-13-29-18)25-24(33-12-15-4-2-1-3-5-15)26-23(28)17-7-9-19-21(11-17)32-14-30-19/h1-11H,12-14H2,(H,25,26,27,28). The fourth-order valence-electron chi connectivity index (χ4n) is 3.22. The monoisotopic (exact) mass is 510 g/mol.